The van der Waals surface area contributed by atoms with Crippen LogP contribution in [-0.2, 0) is 6.61 Å². The van der Waals surface area contributed by atoms with Gasteiger partial charge >= 0.3 is 0 Å². The average molecular weight is 347 g/mol. The molecule has 0 fully saturated rings. The van der Waals surface area contributed by atoms with Crippen LogP contribution in [0.4, 0.5) is 5.69 Å². The third-order valence-electron chi connectivity index (χ3n) is 2.72. The molecule has 2 aromatic carbocycles. The van der Waals surface area contributed by atoms with Crippen molar-refractivity contribution in [3.8, 4) is 11.5 Å². The number of ether oxygens (including phenoxy) is 2. The molecule has 3 nitrogen and oxygen atoms in total. The van der Waals surface area contributed by atoms with Gasteiger partial charge in [0, 0.05) is 16.3 Å². The van der Waals surface area contributed by atoms with Gasteiger partial charge < -0.3 is 15.2 Å². The maximum absolute atomic E-state index is 6.08. The average Bonchev–Trinajstić information content (AvgIpc) is 2.40. The zero-order valence-electron chi connectivity index (χ0n) is 11.3. The summed E-state index contributed by atoms with van der Waals surface area (Å²) in [6, 6.07) is 8.53. The lowest BCUT2D eigenvalue weighted by atomic mass is 10.2. The Balaban J connectivity index is 2.22. The maximum Gasteiger partial charge on any atom is 0.157 e. The van der Waals surface area contributed by atoms with Gasteiger partial charge in [-0.15, -0.1) is 0 Å². The second-order valence-corrected chi connectivity index (χ2v) is 5.54. The predicted octanol–water partition coefficient (Wildman–Crippen LogP) is 5.21. The molecule has 2 aromatic rings. The number of rotatable bonds is 5. The van der Waals surface area contributed by atoms with E-state index in [1.165, 1.54) is 0 Å². The summed E-state index contributed by atoms with van der Waals surface area (Å²) in [5.74, 6) is 1.10. The molecule has 0 aliphatic rings. The minimum Gasteiger partial charge on any atom is -0.493 e. The van der Waals surface area contributed by atoms with Crippen molar-refractivity contribution in [1.29, 1.82) is 0 Å². The zero-order valence-corrected chi connectivity index (χ0v) is 13.6. The molecule has 0 aliphatic heterocycles. The third kappa shape index (κ3) is 4.10. The quantitative estimate of drug-likeness (QED) is 0.756. The fraction of sp³-hybridized carbons (Fsp3) is 0.200. The summed E-state index contributed by atoms with van der Waals surface area (Å²) in [6.45, 7) is 2.70. The first-order chi connectivity index (χ1) is 10.0. The number of benzene rings is 2. The molecule has 0 saturated heterocycles. The molecule has 0 aliphatic carbocycles. The molecule has 0 amide bonds. The number of nitrogen functional groups attached to an aromatic ring is 1. The van der Waals surface area contributed by atoms with E-state index >= 15 is 0 Å². The Morgan fingerprint density at radius 1 is 1.00 bits per heavy atom. The van der Waals surface area contributed by atoms with Crippen molar-refractivity contribution in [1.82, 2.24) is 0 Å². The van der Waals surface area contributed by atoms with E-state index < -0.39 is 0 Å². The van der Waals surface area contributed by atoms with E-state index in [0.717, 1.165) is 5.56 Å². The summed E-state index contributed by atoms with van der Waals surface area (Å²) >= 11 is 18.0. The van der Waals surface area contributed by atoms with Crippen LogP contribution in [0.5, 0.6) is 11.5 Å². The lowest BCUT2D eigenvalue weighted by molar-refractivity contribution is 0.287. The Labute approximate surface area is 138 Å². The highest BCUT2D eigenvalue weighted by molar-refractivity contribution is 6.40. The second-order valence-electron chi connectivity index (χ2n) is 4.29. The van der Waals surface area contributed by atoms with E-state index in [1.807, 2.05) is 13.0 Å². The Kier molecular flexibility index (Phi) is 5.45. The van der Waals surface area contributed by atoms with Gasteiger partial charge in [0.15, 0.2) is 5.75 Å². The number of hydrogen-bond donors (Lipinski definition) is 1. The van der Waals surface area contributed by atoms with Crippen molar-refractivity contribution in [3.63, 3.8) is 0 Å². The normalized spacial score (nSPS) is 10.5. The second kappa shape index (κ2) is 7.12. The van der Waals surface area contributed by atoms with Gasteiger partial charge in [0.25, 0.3) is 0 Å². The standard InChI is InChI=1S/C15H14Cl3NO2/c1-2-20-14-4-3-11(19)5-9(14)8-21-15-12(17)6-10(16)7-13(15)18/h3-7H,2,8,19H2,1H3. The first-order valence-electron chi connectivity index (χ1n) is 6.29. The van der Waals surface area contributed by atoms with Crippen molar-refractivity contribution < 1.29 is 9.47 Å². The van der Waals surface area contributed by atoms with E-state index in [9.17, 15) is 0 Å². The van der Waals surface area contributed by atoms with Gasteiger partial charge in [-0.3, -0.25) is 0 Å². The third-order valence-corrected chi connectivity index (χ3v) is 3.50. The van der Waals surface area contributed by atoms with E-state index in [0.29, 0.717) is 38.9 Å². The highest BCUT2D eigenvalue weighted by Crippen LogP contribution is 2.36. The minimum atomic E-state index is 0.238. The molecular formula is C15H14Cl3NO2. The van der Waals surface area contributed by atoms with Crippen molar-refractivity contribution in [2.24, 2.45) is 0 Å². The number of anilines is 1. The zero-order chi connectivity index (χ0) is 15.4. The van der Waals surface area contributed by atoms with Gasteiger partial charge in [0.2, 0.25) is 0 Å². The van der Waals surface area contributed by atoms with Crippen LogP contribution < -0.4 is 15.2 Å². The van der Waals surface area contributed by atoms with E-state index in [4.69, 9.17) is 50.0 Å². The van der Waals surface area contributed by atoms with E-state index in [1.54, 1.807) is 24.3 Å². The summed E-state index contributed by atoms with van der Waals surface area (Å²) in [5, 5.41) is 1.17. The molecule has 2 rings (SSSR count). The molecule has 21 heavy (non-hydrogen) atoms. The Bertz CT molecular complexity index is 624. The van der Waals surface area contributed by atoms with Crippen molar-refractivity contribution >= 4 is 40.5 Å². The summed E-state index contributed by atoms with van der Waals surface area (Å²) in [4.78, 5) is 0. The molecule has 6 heteroatoms. The van der Waals surface area contributed by atoms with Crippen LogP contribution in [0.15, 0.2) is 30.3 Å². The van der Waals surface area contributed by atoms with Crippen LogP contribution in [0.1, 0.15) is 12.5 Å². The lowest BCUT2D eigenvalue weighted by Gasteiger charge is -2.14. The fourth-order valence-electron chi connectivity index (χ4n) is 1.83. The van der Waals surface area contributed by atoms with Crippen LogP contribution in [0.25, 0.3) is 0 Å². The molecule has 0 unspecified atom stereocenters. The Hall–Kier alpha value is -1.29. The van der Waals surface area contributed by atoms with Crippen molar-refractivity contribution in [2.75, 3.05) is 12.3 Å². The van der Waals surface area contributed by atoms with Crippen molar-refractivity contribution in [2.45, 2.75) is 13.5 Å². The molecule has 0 aromatic heterocycles. The first-order valence-corrected chi connectivity index (χ1v) is 7.43. The van der Waals surface area contributed by atoms with Crippen LogP contribution >= 0.6 is 34.8 Å². The van der Waals surface area contributed by atoms with Crippen LogP contribution in [0, 0.1) is 0 Å². The summed E-state index contributed by atoms with van der Waals surface area (Å²) in [5.41, 5.74) is 7.24. The lowest BCUT2D eigenvalue weighted by Crippen LogP contribution is -2.02. The first kappa shape index (κ1) is 16.1. The van der Waals surface area contributed by atoms with Gasteiger partial charge in [0.1, 0.15) is 12.4 Å². The van der Waals surface area contributed by atoms with E-state index in [-0.39, 0.29) is 6.61 Å². The summed E-state index contributed by atoms with van der Waals surface area (Å²) in [6.07, 6.45) is 0. The predicted molar refractivity (Wildman–Crippen MR) is 87.8 cm³/mol. The summed E-state index contributed by atoms with van der Waals surface area (Å²) in [7, 11) is 0. The largest absolute Gasteiger partial charge is 0.493 e. The smallest absolute Gasteiger partial charge is 0.157 e. The molecule has 0 heterocycles. The maximum atomic E-state index is 6.08. The molecule has 112 valence electrons. The topological polar surface area (TPSA) is 44.5 Å². The van der Waals surface area contributed by atoms with E-state index in [2.05, 4.69) is 0 Å². The Morgan fingerprint density at radius 3 is 2.29 bits per heavy atom. The van der Waals surface area contributed by atoms with Crippen LogP contribution in [0.2, 0.25) is 15.1 Å². The molecule has 0 spiro atoms. The number of halogens is 3. The van der Waals surface area contributed by atoms with Gasteiger partial charge in [-0.25, -0.2) is 0 Å². The van der Waals surface area contributed by atoms with Crippen molar-refractivity contribution in [3.05, 3.63) is 51.0 Å². The highest BCUT2D eigenvalue weighted by Gasteiger charge is 2.11. The Morgan fingerprint density at radius 2 is 1.67 bits per heavy atom. The monoisotopic (exact) mass is 345 g/mol. The molecule has 0 bridgehead atoms. The molecule has 2 N–H and O–H groups in total. The fourth-order valence-corrected chi connectivity index (χ4v) is 2.75. The van der Waals surface area contributed by atoms with Gasteiger partial charge in [-0.05, 0) is 37.3 Å². The van der Waals surface area contributed by atoms with Crippen LogP contribution in [0.3, 0.4) is 0 Å². The minimum absolute atomic E-state index is 0.238. The summed E-state index contributed by atoms with van der Waals surface area (Å²) < 4.78 is 11.2. The SMILES string of the molecule is CCOc1ccc(N)cc1COc1c(Cl)cc(Cl)cc1Cl. The molecule has 0 atom stereocenters. The molecular weight excluding hydrogens is 333 g/mol. The number of hydrogen-bond acceptors (Lipinski definition) is 3. The van der Waals surface area contributed by atoms with Gasteiger partial charge in [-0.2, -0.15) is 0 Å². The molecule has 0 saturated carbocycles. The van der Waals surface area contributed by atoms with Gasteiger partial charge in [0.05, 0.1) is 16.7 Å². The van der Waals surface area contributed by atoms with Crippen LogP contribution in [-0.4, -0.2) is 6.61 Å². The molecule has 0 radical (unpaired) electrons. The number of nitrogens with two attached hydrogens (primary N) is 1. The van der Waals surface area contributed by atoms with Gasteiger partial charge in [-0.1, -0.05) is 34.8 Å². The highest BCUT2D eigenvalue weighted by atomic mass is 35.5.